The highest BCUT2D eigenvalue weighted by Crippen LogP contribution is 2.31. The van der Waals surface area contributed by atoms with Crippen molar-refractivity contribution in [2.24, 2.45) is 0 Å². The van der Waals surface area contributed by atoms with Crippen LogP contribution in [0.4, 0.5) is 0 Å². The number of rotatable bonds is 5. The second-order valence-corrected chi connectivity index (χ2v) is 7.24. The first-order valence-corrected chi connectivity index (χ1v) is 9.41. The normalized spacial score (nSPS) is 22.1. The minimum absolute atomic E-state index is 0.266. The van der Waals surface area contributed by atoms with Gasteiger partial charge in [-0.1, -0.05) is 0 Å². The Morgan fingerprint density at radius 3 is 2.88 bits per heavy atom. The molecule has 24 heavy (non-hydrogen) atoms. The van der Waals surface area contributed by atoms with E-state index in [0.29, 0.717) is 5.92 Å². The van der Waals surface area contributed by atoms with E-state index in [1.807, 2.05) is 0 Å². The number of hydrogen-bond acceptors (Lipinski definition) is 7. The van der Waals surface area contributed by atoms with E-state index in [4.69, 9.17) is 4.74 Å². The predicted molar refractivity (Wildman–Crippen MR) is 90.0 cm³/mol. The fourth-order valence-corrected chi connectivity index (χ4v) is 4.13. The lowest BCUT2D eigenvalue weighted by molar-refractivity contribution is 0.0936. The number of nitrogens with zero attached hydrogens (tertiary/aromatic N) is 5. The van der Waals surface area contributed by atoms with Crippen molar-refractivity contribution in [2.75, 3.05) is 19.7 Å². The predicted octanol–water partition coefficient (Wildman–Crippen LogP) is 1.87. The van der Waals surface area contributed by atoms with E-state index < -0.39 is 0 Å². The first kappa shape index (κ1) is 16.0. The van der Waals surface area contributed by atoms with Crippen molar-refractivity contribution < 1.29 is 4.74 Å². The molecule has 128 valence electrons. The molecule has 8 heteroatoms. The molecule has 0 bridgehead atoms. The molecule has 2 aromatic heterocycles. The first-order valence-electron chi connectivity index (χ1n) is 8.59. The SMILES string of the molecule is c1cnc(Sc2nnc(C3CCNCC3)n2C[C@@H]2CCCO2)cn1. The number of nitrogens with one attached hydrogen (secondary N) is 1. The fraction of sp³-hybridized carbons (Fsp3) is 0.625. The maximum absolute atomic E-state index is 5.85. The van der Waals surface area contributed by atoms with Gasteiger partial charge in [0, 0.05) is 24.9 Å². The van der Waals surface area contributed by atoms with Crippen molar-refractivity contribution in [3.8, 4) is 0 Å². The van der Waals surface area contributed by atoms with Crippen molar-refractivity contribution in [3.05, 3.63) is 24.4 Å². The maximum Gasteiger partial charge on any atom is 0.197 e. The van der Waals surface area contributed by atoms with Gasteiger partial charge in [-0.25, -0.2) is 4.98 Å². The second-order valence-electron chi connectivity index (χ2n) is 6.26. The number of aromatic nitrogens is 5. The summed E-state index contributed by atoms with van der Waals surface area (Å²) in [7, 11) is 0. The molecule has 2 aliphatic rings. The van der Waals surface area contributed by atoms with Gasteiger partial charge in [0.15, 0.2) is 5.16 Å². The molecule has 2 aliphatic heterocycles. The average Bonchev–Trinajstić information content (AvgIpc) is 3.28. The van der Waals surface area contributed by atoms with Gasteiger partial charge in [-0.15, -0.1) is 10.2 Å². The van der Waals surface area contributed by atoms with E-state index in [1.54, 1.807) is 18.6 Å². The van der Waals surface area contributed by atoms with Gasteiger partial charge in [-0.05, 0) is 50.5 Å². The molecular weight excluding hydrogens is 324 g/mol. The summed E-state index contributed by atoms with van der Waals surface area (Å²) in [5.74, 6) is 1.56. The lowest BCUT2D eigenvalue weighted by Gasteiger charge is -2.23. The van der Waals surface area contributed by atoms with Crippen LogP contribution >= 0.6 is 11.8 Å². The Bertz CT molecular complexity index is 652. The van der Waals surface area contributed by atoms with Crippen LogP contribution in [-0.2, 0) is 11.3 Å². The van der Waals surface area contributed by atoms with Gasteiger partial charge in [-0.2, -0.15) is 0 Å². The number of ether oxygens (including phenoxy) is 1. The van der Waals surface area contributed by atoms with Gasteiger partial charge in [0.05, 0.1) is 18.8 Å². The topological polar surface area (TPSA) is 77.8 Å². The van der Waals surface area contributed by atoms with E-state index >= 15 is 0 Å². The molecule has 4 heterocycles. The van der Waals surface area contributed by atoms with Crippen LogP contribution < -0.4 is 5.32 Å². The van der Waals surface area contributed by atoms with Crippen LogP contribution in [0.3, 0.4) is 0 Å². The Balaban J connectivity index is 1.60. The minimum atomic E-state index is 0.266. The standard InChI is InChI=1S/C16H22N6OS/c1-2-13(23-9-1)11-22-15(12-3-5-17-6-4-12)20-21-16(22)24-14-10-18-7-8-19-14/h7-8,10,12-13,17H,1-6,9,11H2/t13-/m0/s1. The fourth-order valence-electron chi connectivity index (χ4n) is 3.35. The van der Waals surface area contributed by atoms with Crippen molar-refractivity contribution in [3.63, 3.8) is 0 Å². The summed E-state index contributed by atoms with van der Waals surface area (Å²) in [4.78, 5) is 8.48. The summed E-state index contributed by atoms with van der Waals surface area (Å²) in [6, 6.07) is 0. The number of hydrogen-bond donors (Lipinski definition) is 1. The van der Waals surface area contributed by atoms with Crippen LogP contribution in [0, 0.1) is 0 Å². The zero-order chi connectivity index (χ0) is 16.2. The Labute approximate surface area is 145 Å². The molecule has 0 spiro atoms. The molecule has 1 N–H and O–H groups in total. The maximum atomic E-state index is 5.85. The number of piperidine rings is 1. The molecule has 0 radical (unpaired) electrons. The molecule has 0 aliphatic carbocycles. The molecule has 0 unspecified atom stereocenters. The third-order valence-electron chi connectivity index (χ3n) is 4.60. The van der Waals surface area contributed by atoms with Gasteiger partial charge in [0.25, 0.3) is 0 Å². The van der Waals surface area contributed by atoms with E-state index in [9.17, 15) is 0 Å². The van der Waals surface area contributed by atoms with Crippen LogP contribution in [-0.4, -0.2) is 50.5 Å². The molecule has 4 rings (SSSR count). The van der Waals surface area contributed by atoms with Gasteiger partial charge in [0.2, 0.25) is 0 Å². The summed E-state index contributed by atoms with van der Waals surface area (Å²) >= 11 is 1.53. The third kappa shape index (κ3) is 3.60. The summed E-state index contributed by atoms with van der Waals surface area (Å²) in [5.41, 5.74) is 0. The Morgan fingerprint density at radius 2 is 2.12 bits per heavy atom. The van der Waals surface area contributed by atoms with E-state index in [2.05, 4.69) is 30.0 Å². The van der Waals surface area contributed by atoms with Crippen molar-refractivity contribution in [1.82, 2.24) is 30.0 Å². The Hall–Kier alpha value is -1.51. The van der Waals surface area contributed by atoms with Gasteiger partial charge < -0.3 is 14.6 Å². The largest absolute Gasteiger partial charge is 0.376 e. The van der Waals surface area contributed by atoms with Crippen LogP contribution in [0.25, 0.3) is 0 Å². The van der Waals surface area contributed by atoms with Crippen molar-refractivity contribution in [1.29, 1.82) is 0 Å². The van der Waals surface area contributed by atoms with E-state index in [0.717, 1.165) is 67.9 Å². The zero-order valence-electron chi connectivity index (χ0n) is 13.6. The highest BCUT2D eigenvalue weighted by molar-refractivity contribution is 7.99. The molecule has 2 aromatic rings. The van der Waals surface area contributed by atoms with Crippen LogP contribution in [0.15, 0.2) is 28.8 Å². The molecule has 0 amide bonds. The van der Waals surface area contributed by atoms with Crippen molar-refractivity contribution >= 4 is 11.8 Å². The summed E-state index contributed by atoms with van der Waals surface area (Å²) in [6.07, 6.45) is 9.89. The zero-order valence-corrected chi connectivity index (χ0v) is 14.4. The third-order valence-corrected chi connectivity index (χ3v) is 5.50. The molecule has 0 saturated carbocycles. The van der Waals surface area contributed by atoms with Gasteiger partial charge >= 0.3 is 0 Å². The average molecular weight is 346 g/mol. The monoisotopic (exact) mass is 346 g/mol. The van der Waals surface area contributed by atoms with Gasteiger partial charge in [0.1, 0.15) is 10.9 Å². The van der Waals surface area contributed by atoms with Crippen LogP contribution in [0.1, 0.15) is 37.4 Å². The highest BCUT2D eigenvalue weighted by Gasteiger charge is 2.26. The molecule has 7 nitrogen and oxygen atoms in total. The first-order chi connectivity index (χ1) is 11.9. The Morgan fingerprint density at radius 1 is 1.21 bits per heavy atom. The summed E-state index contributed by atoms with van der Waals surface area (Å²) in [6.45, 7) is 3.78. The quantitative estimate of drug-likeness (QED) is 0.885. The molecule has 1 atom stereocenters. The van der Waals surface area contributed by atoms with E-state index in [1.165, 1.54) is 11.8 Å². The lowest BCUT2D eigenvalue weighted by Crippen LogP contribution is -2.29. The minimum Gasteiger partial charge on any atom is -0.376 e. The van der Waals surface area contributed by atoms with E-state index in [-0.39, 0.29) is 6.10 Å². The lowest BCUT2D eigenvalue weighted by atomic mass is 9.97. The highest BCUT2D eigenvalue weighted by atomic mass is 32.2. The molecular formula is C16H22N6OS. The van der Waals surface area contributed by atoms with Gasteiger partial charge in [-0.3, -0.25) is 4.98 Å². The Kier molecular flexibility index (Phi) is 5.05. The summed E-state index contributed by atoms with van der Waals surface area (Å²) < 4.78 is 8.10. The molecule has 2 fully saturated rings. The van der Waals surface area contributed by atoms with Crippen LogP contribution in [0.5, 0.6) is 0 Å². The van der Waals surface area contributed by atoms with Crippen LogP contribution in [0.2, 0.25) is 0 Å². The molecule has 2 saturated heterocycles. The smallest absolute Gasteiger partial charge is 0.197 e. The molecule has 0 aromatic carbocycles. The summed E-state index contributed by atoms with van der Waals surface area (Å²) in [5, 5.41) is 14.1. The van der Waals surface area contributed by atoms with Crippen molar-refractivity contribution in [2.45, 2.75) is 54.4 Å². The second kappa shape index (κ2) is 7.58.